The molecule has 0 atom stereocenters. The Morgan fingerprint density at radius 3 is 2.94 bits per heavy atom. The van der Waals surface area contributed by atoms with Gasteiger partial charge in [0.2, 0.25) is 0 Å². The van der Waals surface area contributed by atoms with Gasteiger partial charge in [-0.15, -0.1) is 5.10 Å². The van der Waals surface area contributed by atoms with Crippen LogP contribution in [0.1, 0.15) is 36.7 Å². The van der Waals surface area contributed by atoms with Crippen LogP contribution in [-0.2, 0) is 11.8 Å². The lowest BCUT2D eigenvalue weighted by Crippen LogP contribution is -2.33. The molecule has 1 aliphatic carbocycles. The first-order valence-corrected chi connectivity index (χ1v) is 5.70. The van der Waals surface area contributed by atoms with Gasteiger partial charge in [0.15, 0.2) is 5.78 Å². The maximum atomic E-state index is 11.9. The van der Waals surface area contributed by atoms with Crippen molar-refractivity contribution in [1.82, 2.24) is 15.0 Å². The zero-order valence-corrected chi connectivity index (χ0v) is 9.72. The molecule has 1 fully saturated rings. The van der Waals surface area contributed by atoms with Crippen LogP contribution in [0.25, 0.3) is 0 Å². The molecule has 0 amide bonds. The minimum atomic E-state index is 0.132. The van der Waals surface area contributed by atoms with Crippen LogP contribution in [0.2, 0.25) is 0 Å². The minimum absolute atomic E-state index is 0.132. The van der Waals surface area contributed by atoms with E-state index in [1.807, 2.05) is 6.92 Å². The lowest BCUT2D eigenvalue weighted by atomic mass is 9.79. The van der Waals surface area contributed by atoms with Gasteiger partial charge in [0.25, 0.3) is 0 Å². The SMILES string of the molecule is CCOC1CC(CC(=O)c2cnnn2C)C1. The summed E-state index contributed by atoms with van der Waals surface area (Å²) in [6.45, 7) is 2.76. The summed E-state index contributed by atoms with van der Waals surface area (Å²) in [5, 5.41) is 7.46. The summed E-state index contributed by atoms with van der Waals surface area (Å²) in [6, 6.07) is 0. The summed E-state index contributed by atoms with van der Waals surface area (Å²) < 4.78 is 6.99. The van der Waals surface area contributed by atoms with Gasteiger partial charge in [-0.2, -0.15) is 0 Å². The molecule has 1 aliphatic rings. The van der Waals surface area contributed by atoms with Gasteiger partial charge in [0, 0.05) is 20.1 Å². The molecule has 0 bridgehead atoms. The standard InChI is InChI=1S/C11H17N3O2/c1-3-16-9-4-8(5-9)6-11(15)10-7-12-13-14(10)2/h7-9H,3-6H2,1-2H3. The summed E-state index contributed by atoms with van der Waals surface area (Å²) in [5.74, 6) is 0.603. The van der Waals surface area contributed by atoms with Crippen LogP contribution in [0.3, 0.4) is 0 Å². The molecule has 0 aromatic carbocycles. The minimum Gasteiger partial charge on any atom is -0.378 e. The second kappa shape index (κ2) is 4.74. The van der Waals surface area contributed by atoms with Gasteiger partial charge >= 0.3 is 0 Å². The third-order valence-electron chi connectivity index (χ3n) is 3.07. The van der Waals surface area contributed by atoms with E-state index in [2.05, 4.69) is 10.3 Å². The molecule has 2 rings (SSSR count). The first-order chi connectivity index (χ1) is 7.70. The van der Waals surface area contributed by atoms with Crippen molar-refractivity contribution in [3.05, 3.63) is 11.9 Å². The lowest BCUT2D eigenvalue weighted by molar-refractivity contribution is -0.0246. The van der Waals surface area contributed by atoms with Crippen molar-refractivity contribution in [1.29, 1.82) is 0 Å². The molecule has 1 aromatic heterocycles. The normalized spacial score (nSPS) is 24.1. The van der Waals surface area contributed by atoms with E-state index in [0.29, 0.717) is 24.1 Å². The maximum Gasteiger partial charge on any atom is 0.182 e. The molecule has 1 heterocycles. The fraction of sp³-hybridized carbons (Fsp3) is 0.727. The zero-order chi connectivity index (χ0) is 11.5. The molecule has 0 N–H and O–H groups in total. The number of Topliss-reactive ketones (excluding diaryl/α,β-unsaturated/α-hetero) is 1. The average molecular weight is 223 g/mol. The van der Waals surface area contributed by atoms with Gasteiger partial charge in [0.05, 0.1) is 12.3 Å². The number of rotatable bonds is 5. The van der Waals surface area contributed by atoms with Crippen molar-refractivity contribution >= 4 is 5.78 Å². The Bertz CT molecular complexity index is 369. The molecule has 88 valence electrons. The van der Waals surface area contributed by atoms with E-state index >= 15 is 0 Å². The molecule has 0 saturated heterocycles. The number of hydrogen-bond acceptors (Lipinski definition) is 4. The highest BCUT2D eigenvalue weighted by Crippen LogP contribution is 2.33. The highest BCUT2D eigenvalue weighted by atomic mass is 16.5. The number of carbonyl (C=O) groups excluding carboxylic acids is 1. The number of aromatic nitrogens is 3. The maximum absolute atomic E-state index is 11.9. The molecular formula is C11H17N3O2. The Morgan fingerprint density at radius 2 is 2.38 bits per heavy atom. The van der Waals surface area contributed by atoms with E-state index in [-0.39, 0.29) is 5.78 Å². The van der Waals surface area contributed by atoms with E-state index in [1.165, 1.54) is 10.9 Å². The summed E-state index contributed by atoms with van der Waals surface area (Å²) in [4.78, 5) is 11.9. The van der Waals surface area contributed by atoms with Crippen LogP contribution in [-0.4, -0.2) is 33.5 Å². The molecule has 0 unspecified atom stereocenters. The van der Waals surface area contributed by atoms with E-state index in [4.69, 9.17) is 4.74 Å². The van der Waals surface area contributed by atoms with Gasteiger partial charge in [-0.05, 0) is 25.7 Å². The van der Waals surface area contributed by atoms with Gasteiger partial charge in [-0.3, -0.25) is 4.79 Å². The molecule has 16 heavy (non-hydrogen) atoms. The first-order valence-electron chi connectivity index (χ1n) is 5.70. The number of hydrogen-bond donors (Lipinski definition) is 0. The first kappa shape index (κ1) is 11.3. The number of ketones is 1. The van der Waals surface area contributed by atoms with Crippen molar-refractivity contribution < 1.29 is 9.53 Å². The quantitative estimate of drug-likeness (QED) is 0.704. The van der Waals surface area contributed by atoms with Gasteiger partial charge in [0.1, 0.15) is 5.69 Å². The number of carbonyl (C=O) groups is 1. The Balaban J connectivity index is 1.80. The van der Waals surface area contributed by atoms with Crippen molar-refractivity contribution in [3.63, 3.8) is 0 Å². The van der Waals surface area contributed by atoms with E-state index < -0.39 is 0 Å². The van der Waals surface area contributed by atoms with E-state index in [0.717, 1.165) is 19.4 Å². The lowest BCUT2D eigenvalue weighted by Gasteiger charge is -2.34. The van der Waals surface area contributed by atoms with E-state index in [1.54, 1.807) is 7.05 Å². The van der Waals surface area contributed by atoms with Crippen LogP contribution >= 0.6 is 0 Å². The Kier molecular flexibility index (Phi) is 3.33. The van der Waals surface area contributed by atoms with Crippen LogP contribution in [0.15, 0.2) is 6.20 Å². The summed E-state index contributed by atoms with van der Waals surface area (Å²) in [7, 11) is 1.74. The van der Waals surface area contributed by atoms with E-state index in [9.17, 15) is 4.79 Å². The third kappa shape index (κ3) is 2.29. The summed E-state index contributed by atoms with van der Waals surface area (Å²) in [6.07, 6.45) is 4.49. The molecular weight excluding hydrogens is 206 g/mol. The van der Waals surface area contributed by atoms with Crippen LogP contribution < -0.4 is 0 Å². The van der Waals surface area contributed by atoms with Crippen molar-refractivity contribution in [2.24, 2.45) is 13.0 Å². The van der Waals surface area contributed by atoms with Crippen molar-refractivity contribution in [3.8, 4) is 0 Å². The van der Waals surface area contributed by atoms with Gasteiger partial charge in [-0.25, -0.2) is 4.68 Å². The second-order valence-corrected chi connectivity index (χ2v) is 4.28. The molecule has 5 nitrogen and oxygen atoms in total. The highest BCUT2D eigenvalue weighted by molar-refractivity contribution is 5.94. The summed E-state index contributed by atoms with van der Waals surface area (Å²) >= 11 is 0. The number of ether oxygens (including phenoxy) is 1. The molecule has 5 heteroatoms. The van der Waals surface area contributed by atoms with Crippen molar-refractivity contribution in [2.75, 3.05) is 6.61 Å². The van der Waals surface area contributed by atoms with Gasteiger partial charge < -0.3 is 4.74 Å². The molecule has 0 aliphatic heterocycles. The smallest absolute Gasteiger partial charge is 0.182 e. The summed E-state index contributed by atoms with van der Waals surface area (Å²) in [5.41, 5.74) is 0.597. The fourth-order valence-electron chi connectivity index (χ4n) is 2.12. The topological polar surface area (TPSA) is 57.0 Å². The largest absolute Gasteiger partial charge is 0.378 e. The predicted molar refractivity (Wildman–Crippen MR) is 58.1 cm³/mol. The highest BCUT2D eigenvalue weighted by Gasteiger charge is 2.31. The predicted octanol–water partition coefficient (Wildman–Crippen LogP) is 1.20. The Morgan fingerprint density at radius 1 is 1.62 bits per heavy atom. The van der Waals surface area contributed by atoms with Crippen LogP contribution in [0.4, 0.5) is 0 Å². The Hall–Kier alpha value is -1.23. The van der Waals surface area contributed by atoms with Gasteiger partial charge in [-0.1, -0.05) is 5.21 Å². The Labute approximate surface area is 94.8 Å². The molecule has 1 aromatic rings. The second-order valence-electron chi connectivity index (χ2n) is 4.28. The van der Waals surface area contributed by atoms with Crippen LogP contribution in [0, 0.1) is 5.92 Å². The number of aryl methyl sites for hydroxylation is 1. The number of nitrogens with zero attached hydrogens (tertiary/aromatic N) is 3. The zero-order valence-electron chi connectivity index (χ0n) is 9.72. The van der Waals surface area contributed by atoms with Crippen molar-refractivity contribution in [2.45, 2.75) is 32.3 Å². The molecule has 0 spiro atoms. The molecule has 1 saturated carbocycles. The molecule has 0 radical (unpaired) electrons. The third-order valence-corrected chi connectivity index (χ3v) is 3.07. The monoisotopic (exact) mass is 223 g/mol. The van der Waals surface area contributed by atoms with Crippen LogP contribution in [0.5, 0.6) is 0 Å². The average Bonchev–Trinajstić information content (AvgIpc) is 2.61. The fourth-order valence-corrected chi connectivity index (χ4v) is 2.12.